The second-order valence-corrected chi connectivity index (χ2v) is 5.34. The molecule has 1 aliphatic rings. The number of hydrogen-bond acceptors (Lipinski definition) is 3. The Labute approximate surface area is 108 Å². The predicted molar refractivity (Wildman–Crippen MR) is 74.9 cm³/mol. The van der Waals surface area contributed by atoms with Gasteiger partial charge in [0.15, 0.2) is 0 Å². The highest BCUT2D eigenvalue weighted by Crippen LogP contribution is 2.30. The van der Waals surface area contributed by atoms with Crippen LogP contribution in [-0.4, -0.2) is 37.6 Å². The van der Waals surface area contributed by atoms with E-state index in [1.807, 2.05) is 12.1 Å². The molecule has 0 radical (unpaired) electrons. The van der Waals surface area contributed by atoms with Crippen LogP contribution in [0.4, 0.5) is 11.4 Å². The molecule has 4 heteroatoms. The molecule has 17 heavy (non-hydrogen) atoms. The van der Waals surface area contributed by atoms with Gasteiger partial charge in [-0.3, -0.25) is 0 Å². The number of piperazine rings is 1. The van der Waals surface area contributed by atoms with E-state index >= 15 is 0 Å². The van der Waals surface area contributed by atoms with Crippen LogP contribution in [0.5, 0.6) is 0 Å². The highest BCUT2D eigenvalue weighted by molar-refractivity contribution is 6.33. The lowest BCUT2D eigenvalue weighted by molar-refractivity contribution is 0.234. The molecule has 2 N–H and O–H groups in total. The first-order chi connectivity index (χ1) is 7.99. The summed E-state index contributed by atoms with van der Waals surface area (Å²) in [5.74, 6) is 0. The number of nitrogens with two attached hydrogens (primary N) is 1. The number of nitrogens with zero attached hydrogens (tertiary/aromatic N) is 2. The number of benzene rings is 1. The average molecular weight is 254 g/mol. The quantitative estimate of drug-likeness (QED) is 0.780. The van der Waals surface area contributed by atoms with Gasteiger partial charge in [-0.15, -0.1) is 0 Å². The van der Waals surface area contributed by atoms with Gasteiger partial charge < -0.3 is 15.5 Å². The number of anilines is 2. The minimum atomic E-state index is 0.569. The van der Waals surface area contributed by atoms with Crippen molar-refractivity contribution < 1.29 is 0 Å². The summed E-state index contributed by atoms with van der Waals surface area (Å²) in [7, 11) is 2.17. The van der Waals surface area contributed by atoms with E-state index in [0.29, 0.717) is 16.8 Å². The fourth-order valence-electron chi connectivity index (χ4n) is 2.30. The first-order valence-electron chi connectivity index (χ1n) is 6.00. The molecule has 0 amide bonds. The van der Waals surface area contributed by atoms with Crippen molar-refractivity contribution in [3.63, 3.8) is 0 Å². The topological polar surface area (TPSA) is 32.5 Å². The van der Waals surface area contributed by atoms with Crippen LogP contribution in [-0.2, 0) is 0 Å². The molecule has 0 aromatic heterocycles. The summed E-state index contributed by atoms with van der Waals surface area (Å²) in [6.45, 7) is 7.51. The van der Waals surface area contributed by atoms with Gasteiger partial charge in [-0.2, -0.15) is 0 Å². The van der Waals surface area contributed by atoms with Gasteiger partial charge in [-0.25, -0.2) is 0 Å². The Morgan fingerprint density at radius 1 is 1.35 bits per heavy atom. The van der Waals surface area contributed by atoms with Crippen molar-refractivity contribution >= 4 is 23.0 Å². The lowest BCUT2D eigenvalue weighted by Gasteiger charge is -2.39. The van der Waals surface area contributed by atoms with Crippen LogP contribution in [0, 0.1) is 6.92 Å². The Hall–Kier alpha value is -0.930. The first-order valence-corrected chi connectivity index (χ1v) is 6.37. The number of aryl methyl sites for hydroxylation is 1. The molecule has 1 atom stereocenters. The van der Waals surface area contributed by atoms with Gasteiger partial charge in [0.05, 0.1) is 10.7 Å². The SMILES string of the molecule is Cc1cc(N)c(Cl)cc1N1CCN(C)C(C)C1. The summed E-state index contributed by atoms with van der Waals surface area (Å²) in [4.78, 5) is 4.77. The number of likely N-dealkylation sites (N-methyl/N-ethyl adjacent to an activating group) is 1. The molecule has 94 valence electrons. The van der Waals surface area contributed by atoms with Gasteiger partial charge in [-0.05, 0) is 38.6 Å². The molecule has 0 saturated carbocycles. The molecular formula is C13H20ClN3. The minimum absolute atomic E-state index is 0.569. The summed E-state index contributed by atoms with van der Waals surface area (Å²) >= 11 is 6.11. The highest BCUT2D eigenvalue weighted by atomic mass is 35.5. The number of halogens is 1. The first kappa shape index (κ1) is 12.5. The number of nitrogen functional groups attached to an aromatic ring is 1. The zero-order chi connectivity index (χ0) is 12.6. The Morgan fingerprint density at radius 2 is 2.06 bits per heavy atom. The standard InChI is InChI=1S/C13H20ClN3/c1-9-6-12(15)11(14)7-13(9)17-5-4-16(3)10(2)8-17/h6-7,10H,4-5,8,15H2,1-3H3. The molecule has 1 fully saturated rings. The Bertz CT molecular complexity index is 419. The third-order valence-electron chi connectivity index (χ3n) is 3.62. The monoisotopic (exact) mass is 253 g/mol. The fraction of sp³-hybridized carbons (Fsp3) is 0.538. The number of rotatable bonds is 1. The minimum Gasteiger partial charge on any atom is -0.398 e. The zero-order valence-electron chi connectivity index (χ0n) is 10.7. The van der Waals surface area contributed by atoms with E-state index in [2.05, 4.69) is 30.7 Å². The van der Waals surface area contributed by atoms with Crippen LogP contribution in [0.3, 0.4) is 0 Å². The zero-order valence-corrected chi connectivity index (χ0v) is 11.5. The molecule has 3 nitrogen and oxygen atoms in total. The van der Waals surface area contributed by atoms with Crippen molar-refractivity contribution in [1.29, 1.82) is 0 Å². The molecule has 0 bridgehead atoms. The highest BCUT2D eigenvalue weighted by Gasteiger charge is 2.22. The van der Waals surface area contributed by atoms with Gasteiger partial charge in [-0.1, -0.05) is 11.6 Å². The van der Waals surface area contributed by atoms with E-state index in [1.165, 1.54) is 11.3 Å². The molecule has 1 saturated heterocycles. The maximum Gasteiger partial charge on any atom is 0.0656 e. The second kappa shape index (κ2) is 4.75. The van der Waals surface area contributed by atoms with Crippen molar-refractivity contribution in [2.45, 2.75) is 19.9 Å². The van der Waals surface area contributed by atoms with Crippen molar-refractivity contribution in [2.75, 3.05) is 37.3 Å². The van der Waals surface area contributed by atoms with Crippen LogP contribution in [0.15, 0.2) is 12.1 Å². The van der Waals surface area contributed by atoms with Crippen LogP contribution in [0.25, 0.3) is 0 Å². The van der Waals surface area contributed by atoms with E-state index < -0.39 is 0 Å². The summed E-state index contributed by atoms with van der Waals surface area (Å²) in [5.41, 5.74) is 8.88. The Kier molecular flexibility index (Phi) is 3.50. The van der Waals surface area contributed by atoms with Gasteiger partial charge in [0.1, 0.15) is 0 Å². The molecule has 1 aromatic rings. The van der Waals surface area contributed by atoms with Gasteiger partial charge in [0.2, 0.25) is 0 Å². The third-order valence-corrected chi connectivity index (χ3v) is 3.94. The molecule has 2 rings (SSSR count). The van der Waals surface area contributed by atoms with E-state index in [9.17, 15) is 0 Å². The largest absolute Gasteiger partial charge is 0.398 e. The summed E-state index contributed by atoms with van der Waals surface area (Å²) in [5, 5.41) is 0.650. The van der Waals surface area contributed by atoms with Crippen molar-refractivity contribution in [1.82, 2.24) is 4.90 Å². The van der Waals surface area contributed by atoms with E-state index in [4.69, 9.17) is 17.3 Å². The molecule has 1 aliphatic heterocycles. The molecule has 1 aromatic carbocycles. The van der Waals surface area contributed by atoms with Gasteiger partial charge in [0.25, 0.3) is 0 Å². The Balaban J connectivity index is 2.26. The average Bonchev–Trinajstić information content (AvgIpc) is 2.27. The molecule has 1 heterocycles. The van der Waals surface area contributed by atoms with Crippen LogP contribution < -0.4 is 10.6 Å². The summed E-state index contributed by atoms with van der Waals surface area (Å²) in [6.07, 6.45) is 0. The Morgan fingerprint density at radius 3 is 2.71 bits per heavy atom. The van der Waals surface area contributed by atoms with Crippen LogP contribution in [0.2, 0.25) is 5.02 Å². The maximum absolute atomic E-state index is 6.11. The third kappa shape index (κ3) is 2.50. The number of hydrogen-bond donors (Lipinski definition) is 1. The maximum atomic E-state index is 6.11. The second-order valence-electron chi connectivity index (χ2n) is 4.94. The van der Waals surface area contributed by atoms with Crippen LogP contribution in [0.1, 0.15) is 12.5 Å². The van der Waals surface area contributed by atoms with Crippen molar-refractivity contribution in [2.24, 2.45) is 0 Å². The van der Waals surface area contributed by atoms with Crippen LogP contribution >= 0.6 is 11.6 Å². The van der Waals surface area contributed by atoms with E-state index in [-0.39, 0.29) is 0 Å². The smallest absolute Gasteiger partial charge is 0.0656 e. The van der Waals surface area contributed by atoms with E-state index in [1.54, 1.807) is 0 Å². The van der Waals surface area contributed by atoms with Crippen molar-refractivity contribution in [3.8, 4) is 0 Å². The molecular weight excluding hydrogens is 234 g/mol. The van der Waals surface area contributed by atoms with E-state index in [0.717, 1.165) is 19.6 Å². The van der Waals surface area contributed by atoms with Gasteiger partial charge in [0, 0.05) is 31.4 Å². The lowest BCUT2D eigenvalue weighted by Crippen LogP contribution is -2.50. The lowest BCUT2D eigenvalue weighted by atomic mass is 10.1. The van der Waals surface area contributed by atoms with Crippen molar-refractivity contribution in [3.05, 3.63) is 22.7 Å². The van der Waals surface area contributed by atoms with Gasteiger partial charge >= 0.3 is 0 Å². The normalized spacial score (nSPS) is 21.9. The molecule has 0 aliphatic carbocycles. The predicted octanol–water partition coefficient (Wildman–Crippen LogP) is 2.37. The summed E-state index contributed by atoms with van der Waals surface area (Å²) in [6, 6.07) is 4.52. The summed E-state index contributed by atoms with van der Waals surface area (Å²) < 4.78 is 0. The molecule has 0 spiro atoms. The molecule has 1 unspecified atom stereocenters. The fourth-order valence-corrected chi connectivity index (χ4v) is 2.46.